The molecular weight excluding hydrogens is 289 g/mol. The third kappa shape index (κ3) is 3.97. The lowest BCUT2D eigenvalue weighted by molar-refractivity contribution is 0.625. The highest BCUT2D eigenvalue weighted by atomic mass is 19.1. The van der Waals surface area contributed by atoms with Crippen LogP contribution in [0.5, 0.6) is 0 Å². The molecule has 118 valence electrons. The minimum Gasteiger partial charge on any atom is -0.378 e. The Labute approximate surface area is 135 Å². The summed E-state index contributed by atoms with van der Waals surface area (Å²) in [7, 11) is 0. The first kappa shape index (κ1) is 15.3. The van der Waals surface area contributed by atoms with Crippen LogP contribution in [-0.4, -0.2) is 9.78 Å². The van der Waals surface area contributed by atoms with Gasteiger partial charge in [-0.15, -0.1) is 0 Å². The van der Waals surface area contributed by atoms with E-state index in [0.29, 0.717) is 0 Å². The Bertz CT molecular complexity index is 736. The first-order valence-electron chi connectivity index (χ1n) is 7.83. The van der Waals surface area contributed by atoms with Crippen molar-refractivity contribution in [1.29, 1.82) is 0 Å². The van der Waals surface area contributed by atoms with Crippen LogP contribution in [0.4, 0.5) is 10.1 Å². The van der Waals surface area contributed by atoms with Gasteiger partial charge in [0, 0.05) is 18.1 Å². The molecular formula is C19H20FN3. The molecule has 1 atom stereocenters. The van der Waals surface area contributed by atoms with Gasteiger partial charge in [0.05, 0.1) is 12.6 Å². The van der Waals surface area contributed by atoms with E-state index in [0.717, 1.165) is 24.2 Å². The molecule has 0 spiro atoms. The van der Waals surface area contributed by atoms with Gasteiger partial charge in [0.2, 0.25) is 0 Å². The maximum Gasteiger partial charge on any atom is 0.123 e. The average Bonchev–Trinajstić information content (AvgIpc) is 3.07. The number of rotatable bonds is 6. The molecule has 0 bridgehead atoms. The molecule has 1 heterocycles. The zero-order chi connectivity index (χ0) is 16.1. The second kappa shape index (κ2) is 7.09. The standard InChI is InChI=1S/C19H20FN3/c1-2-19(16-7-9-17(20)10-8-16)22-18-6-3-5-15(13-18)14-23-12-4-11-21-23/h3-13,19,22H,2,14H2,1H3/t19-/m0/s1. The molecule has 4 heteroatoms. The molecule has 23 heavy (non-hydrogen) atoms. The van der Waals surface area contributed by atoms with E-state index in [9.17, 15) is 4.39 Å². The molecule has 2 aromatic carbocycles. The van der Waals surface area contributed by atoms with Gasteiger partial charge < -0.3 is 5.32 Å². The van der Waals surface area contributed by atoms with Crippen LogP contribution in [0.15, 0.2) is 67.0 Å². The smallest absolute Gasteiger partial charge is 0.123 e. The molecule has 0 unspecified atom stereocenters. The van der Waals surface area contributed by atoms with Gasteiger partial charge in [-0.1, -0.05) is 31.2 Å². The van der Waals surface area contributed by atoms with Crippen LogP contribution in [0.2, 0.25) is 0 Å². The quantitative estimate of drug-likeness (QED) is 0.719. The summed E-state index contributed by atoms with van der Waals surface area (Å²) < 4.78 is 15.0. The van der Waals surface area contributed by atoms with Crippen LogP contribution in [0, 0.1) is 5.82 Å². The van der Waals surface area contributed by atoms with Gasteiger partial charge in [-0.2, -0.15) is 5.10 Å². The zero-order valence-corrected chi connectivity index (χ0v) is 13.1. The Hall–Kier alpha value is -2.62. The summed E-state index contributed by atoms with van der Waals surface area (Å²) >= 11 is 0. The molecule has 3 aromatic rings. The fourth-order valence-corrected chi connectivity index (χ4v) is 2.66. The van der Waals surface area contributed by atoms with Crippen molar-refractivity contribution in [2.24, 2.45) is 0 Å². The summed E-state index contributed by atoms with van der Waals surface area (Å²) in [6, 6.07) is 17.1. The van der Waals surface area contributed by atoms with Gasteiger partial charge >= 0.3 is 0 Å². The van der Waals surface area contributed by atoms with Crippen molar-refractivity contribution >= 4 is 5.69 Å². The SMILES string of the molecule is CC[C@H](Nc1cccc(Cn2cccn2)c1)c1ccc(F)cc1. The van der Waals surface area contributed by atoms with E-state index in [1.807, 2.05) is 35.1 Å². The lowest BCUT2D eigenvalue weighted by Crippen LogP contribution is -2.10. The van der Waals surface area contributed by atoms with Gasteiger partial charge in [0.15, 0.2) is 0 Å². The molecule has 0 amide bonds. The van der Waals surface area contributed by atoms with Gasteiger partial charge in [0.25, 0.3) is 0 Å². The maximum atomic E-state index is 13.1. The Balaban J connectivity index is 1.74. The van der Waals surface area contributed by atoms with E-state index in [2.05, 4.69) is 35.5 Å². The lowest BCUT2D eigenvalue weighted by Gasteiger charge is -2.19. The Kier molecular flexibility index (Phi) is 4.71. The molecule has 3 rings (SSSR count). The molecule has 0 radical (unpaired) electrons. The van der Waals surface area contributed by atoms with Crippen molar-refractivity contribution < 1.29 is 4.39 Å². The molecule has 0 aliphatic rings. The van der Waals surface area contributed by atoms with Crippen molar-refractivity contribution in [3.63, 3.8) is 0 Å². The molecule has 3 nitrogen and oxygen atoms in total. The molecule has 1 N–H and O–H groups in total. The lowest BCUT2D eigenvalue weighted by atomic mass is 10.0. The number of hydrogen-bond donors (Lipinski definition) is 1. The third-order valence-corrected chi connectivity index (χ3v) is 3.85. The molecule has 0 aliphatic carbocycles. The number of hydrogen-bond acceptors (Lipinski definition) is 2. The number of benzene rings is 2. The second-order valence-electron chi connectivity index (χ2n) is 5.56. The number of nitrogens with one attached hydrogen (secondary N) is 1. The predicted octanol–water partition coefficient (Wildman–Crippen LogP) is 4.63. The van der Waals surface area contributed by atoms with Crippen LogP contribution in [0.1, 0.15) is 30.5 Å². The normalized spacial score (nSPS) is 12.1. The highest BCUT2D eigenvalue weighted by molar-refractivity contribution is 5.48. The van der Waals surface area contributed by atoms with Crippen LogP contribution >= 0.6 is 0 Å². The number of halogens is 1. The van der Waals surface area contributed by atoms with Crippen LogP contribution < -0.4 is 5.32 Å². The van der Waals surface area contributed by atoms with E-state index >= 15 is 0 Å². The Morgan fingerprint density at radius 1 is 1.13 bits per heavy atom. The Morgan fingerprint density at radius 2 is 1.96 bits per heavy atom. The van der Waals surface area contributed by atoms with Crippen molar-refractivity contribution in [3.05, 3.63) is 83.9 Å². The van der Waals surface area contributed by atoms with Gasteiger partial charge in [0.1, 0.15) is 5.82 Å². The monoisotopic (exact) mass is 309 g/mol. The van der Waals surface area contributed by atoms with Crippen molar-refractivity contribution in [2.45, 2.75) is 25.9 Å². The second-order valence-corrected chi connectivity index (χ2v) is 5.56. The molecule has 0 saturated carbocycles. The van der Waals surface area contributed by atoms with Crippen LogP contribution in [0.3, 0.4) is 0 Å². The fraction of sp³-hybridized carbons (Fsp3) is 0.211. The topological polar surface area (TPSA) is 29.9 Å². The molecule has 0 fully saturated rings. The highest BCUT2D eigenvalue weighted by Crippen LogP contribution is 2.23. The number of aromatic nitrogens is 2. The van der Waals surface area contributed by atoms with E-state index in [-0.39, 0.29) is 11.9 Å². The summed E-state index contributed by atoms with van der Waals surface area (Å²) in [4.78, 5) is 0. The first-order valence-corrected chi connectivity index (χ1v) is 7.83. The number of anilines is 1. The van der Waals surface area contributed by atoms with Gasteiger partial charge in [-0.25, -0.2) is 4.39 Å². The van der Waals surface area contributed by atoms with E-state index in [1.54, 1.807) is 6.20 Å². The van der Waals surface area contributed by atoms with E-state index in [4.69, 9.17) is 0 Å². The highest BCUT2D eigenvalue weighted by Gasteiger charge is 2.09. The largest absolute Gasteiger partial charge is 0.378 e. The van der Waals surface area contributed by atoms with Crippen LogP contribution in [-0.2, 0) is 6.54 Å². The first-order chi connectivity index (χ1) is 11.2. The zero-order valence-electron chi connectivity index (χ0n) is 13.1. The minimum atomic E-state index is -0.204. The van der Waals surface area contributed by atoms with E-state index in [1.165, 1.54) is 17.7 Å². The summed E-state index contributed by atoms with van der Waals surface area (Å²) in [5.74, 6) is -0.204. The predicted molar refractivity (Wildman–Crippen MR) is 90.8 cm³/mol. The number of nitrogens with zero attached hydrogens (tertiary/aromatic N) is 2. The summed E-state index contributed by atoms with van der Waals surface area (Å²) in [6.07, 6.45) is 4.66. The van der Waals surface area contributed by atoms with Gasteiger partial charge in [-0.3, -0.25) is 4.68 Å². The fourth-order valence-electron chi connectivity index (χ4n) is 2.66. The average molecular weight is 309 g/mol. The van der Waals surface area contributed by atoms with E-state index < -0.39 is 0 Å². The van der Waals surface area contributed by atoms with Crippen molar-refractivity contribution in [2.75, 3.05) is 5.32 Å². The minimum absolute atomic E-state index is 0.163. The summed E-state index contributed by atoms with van der Waals surface area (Å²) in [5, 5.41) is 7.77. The molecule has 0 aliphatic heterocycles. The van der Waals surface area contributed by atoms with Gasteiger partial charge in [-0.05, 0) is 47.9 Å². The summed E-state index contributed by atoms with van der Waals surface area (Å²) in [6.45, 7) is 2.87. The van der Waals surface area contributed by atoms with Crippen LogP contribution in [0.25, 0.3) is 0 Å². The molecule has 1 aromatic heterocycles. The summed E-state index contributed by atoms with van der Waals surface area (Å²) in [5.41, 5.74) is 3.34. The maximum absolute atomic E-state index is 13.1. The van der Waals surface area contributed by atoms with Crippen molar-refractivity contribution in [3.8, 4) is 0 Å². The molecule has 0 saturated heterocycles. The van der Waals surface area contributed by atoms with Crippen molar-refractivity contribution in [1.82, 2.24) is 9.78 Å². The Morgan fingerprint density at radius 3 is 2.65 bits per heavy atom. The third-order valence-electron chi connectivity index (χ3n) is 3.85.